The quantitative estimate of drug-likeness (QED) is 0.827. The molecule has 1 aliphatic heterocycles. The summed E-state index contributed by atoms with van der Waals surface area (Å²) in [4.78, 5) is 16.9. The second-order valence-corrected chi connectivity index (χ2v) is 7.12. The summed E-state index contributed by atoms with van der Waals surface area (Å²) >= 11 is 0. The summed E-state index contributed by atoms with van der Waals surface area (Å²) in [6.45, 7) is -0.130. The van der Waals surface area contributed by atoms with Gasteiger partial charge in [-0.1, -0.05) is 36.4 Å². The number of rotatable bonds is 6. The van der Waals surface area contributed by atoms with Crippen LogP contribution in [0.4, 0.5) is 0 Å². The van der Waals surface area contributed by atoms with Crippen molar-refractivity contribution in [1.82, 2.24) is 5.32 Å². The predicted molar refractivity (Wildman–Crippen MR) is 99.8 cm³/mol. The summed E-state index contributed by atoms with van der Waals surface area (Å²) in [7, 11) is 0. The zero-order valence-electron chi connectivity index (χ0n) is 14.7. The van der Waals surface area contributed by atoms with Crippen molar-refractivity contribution in [3.05, 3.63) is 59.3 Å². The summed E-state index contributed by atoms with van der Waals surface area (Å²) in [6, 6.07) is 9.56. The molecule has 1 aromatic rings. The van der Waals surface area contributed by atoms with E-state index in [1.165, 1.54) is 6.42 Å². The van der Waals surface area contributed by atoms with E-state index in [2.05, 4.69) is 10.3 Å². The predicted octanol–water partition coefficient (Wildman–Crippen LogP) is 2.83. The average molecular weight is 352 g/mol. The molecule has 1 heterocycles. The van der Waals surface area contributed by atoms with Crippen molar-refractivity contribution in [3.63, 3.8) is 0 Å². The molecule has 1 aromatic carbocycles. The number of hydrogen-bond acceptors (Lipinski definition) is 4. The molecule has 26 heavy (non-hydrogen) atoms. The van der Waals surface area contributed by atoms with E-state index < -0.39 is 6.04 Å². The third kappa shape index (κ3) is 3.73. The van der Waals surface area contributed by atoms with Crippen molar-refractivity contribution in [2.24, 2.45) is 4.99 Å². The van der Waals surface area contributed by atoms with Gasteiger partial charge < -0.3 is 15.2 Å². The molecular formula is C21H24N2O3. The molecule has 0 aromatic heterocycles. The molecule has 2 N–H and O–H groups in total. The Hall–Kier alpha value is -2.40. The van der Waals surface area contributed by atoms with Crippen LogP contribution in [0.5, 0.6) is 0 Å². The van der Waals surface area contributed by atoms with Crippen molar-refractivity contribution < 1.29 is 14.6 Å². The highest BCUT2D eigenvalue weighted by atomic mass is 16.5. The number of aliphatic hydroxyl groups excluding tert-OH is 1. The highest BCUT2D eigenvalue weighted by Gasteiger charge is 2.33. The van der Waals surface area contributed by atoms with Crippen molar-refractivity contribution >= 4 is 11.8 Å². The lowest BCUT2D eigenvalue weighted by molar-refractivity contribution is -0.117. The molecule has 1 amide bonds. The second-order valence-electron chi connectivity index (χ2n) is 7.12. The Balaban J connectivity index is 1.33. The van der Waals surface area contributed by atoms with E-state index in [0.717, 1.165) is 48.3 Å². The minimum Gasteiger partial charge on any atom is -0.477 e. The Morgan fingerprint density at radius 3 is 2.69 bits per heavy atom. The van der Waals surface area contributed by atoms with Crippen LogP contribution in [0.3, 0.4) is 0 Å². The lowest BCUT2D eigenvalue weighted by Gasteiger charge is -2.28. The number of carbonyl (C=O) groups is 1. The molecular weight excluding hydrogens is 328 g/mol. The van der Waals surface area contributed by atoms with Crippen LogP contribution in [0.15, 0.2) is 58.7 Å². The fourth-order valence-electron chi connectivity index (χ4n) is 3.35. The third-order valence-corrected chi connectivity index (χ3v) is 5.29. The van der Waals surface area contributed by atoms with Crippen LogP contribution in [0.2, 0.25) is 0 Å². The number of ether oxygens (including phenoxy) is 1. The first-order chi connectivity index (χ1) is 12.7. The lowest BCUT2D eigenvalue weighted by Crippen LogP contribution is -2.39. The van der Waals surface area contributed by atoms with E-state index in [1.54, 1.807) is 6.20 Å². The molecule has 2 atom stereocenters. The zero-order chi connectivity index (χ0) is 17.9. The molecule has 2 aliphatic carbocycles. The number of aliphatic imine (C=N–C) groups is 1. The van der Waals surface area contributed by atoms with Gasteiger partial charge in [-0.3, -0.25) is 4.79 Å². The summed E-state index contributed by atoms with van der Waals surface area (Å²) < 4.78 is 5.83. The van der Waals surface area contributed by atoms with Crippen LogP contribution in [0, 0.1) is 0 Å². The van der Waals surface area contributed by atoms with Gasteiger partial charge in [0.25, 0.3) is 0 Å². The molecule has 3 aliphatic rings. The van der Waals surface area contributed by atoms with E-state index in [-0.39, 0.29) is 18.4 Å². The van der Waals surface area contributed by atoms with Crippen LogP contribution in [-0.2, 0) is 9.53 Å². The number of nitrogens with zero attached hydrogens (tertiary/aromatic N) is 1. The van der Waals surface area contributed by atoms with Crippen LogP contribution in [0.1, 0.15) is 43.6 Å². The molecule has 1 fully saturated rings. The minimum atomic E-state index is -0.394. The van der Waals surface area contributed by atoms with Gasteiger partial charge in [0.05, 0.1) is 12.6 Å². The molecule has 4 rings (SSSR count). The molecule has 5 heteroatoms. The van der Waals surface area contributed by atoms with Gasteiger partial charge >= 0.3 is 0 Å². The van der Waals surface area contributed by atoms with Gasteiger partial charge in [-0.25, -0.2) is 4.99 Å². The Kier molecular flexibility index (Phi) is 4.89. The summed E-state index contributed by atoms with van der Waals surface area (Å²) in [5.74, 6) is 0.756. The van der Waals surface area contributed by atoms with Crippen LogP contribution in [0.25, 0.3) is 0 Å². The first kappa shape index (κ1) is 17.0. The number of allylic oxidation sites excluding steroid dienone is 1. The first-order valence-corrected chi connectivity index (χ1v) is 9.35. The third-order valence-electron chi connectivity index (χ3n) is 5.29. The van der Waals surface area contributed by atoms with Gasteiger partial charge in [-0.05, 0) is 36.8 Å². The fourth-order valence-corrected chi connectivity index (χ4v) is 3.35. The summed E-state index contributed by atoms with van der Waals surface area (Å²) in [6.07, 6.45) is 8.96. The minimum absolute atomic E-state index is 0.0939. The van der Waals surface area contributed by atoms with Crippen LogP contribution < -0.4 is 5.32 Å². The standard InChI is InChI=1S/C21H24N2O3/c24-13-19(15-9-10-20(22-12-15)26-16-7-4-8-16)23-21(25)18-11-17(18)14-5-2-1-3-6-14/h1-3,5-6,11-12,16-17,19,24H,4,7-10,13H2,(H,23,25)/t17-,19+/m1/s1. The molecule has 136 valence electrons. The largest absolute Gasteiger partial charge is 0.477 e. The van der Waals surface area contributed by atoms with Gasteiger partial charge in [0, 0.05) is 24.1 Å². The van der Waals surface area contributed by atoms with E-state index in [4.69, 9.17) is 4.74 Å². The van der Waals surface area contributed by atoms with Gasteiger partial charge in [0.15, 0.2) is 5.90 Å². The number of benzene rings is 1. The average Bonchev–Trinajstić information content (AvgIpc) is 3.45. The summed E-state index contributed by atoms with van der Waals surface area (Å²) in [5, 5.41) is 12.7. The molecule has 0 saturated heterocycles. The first-order valence-electron chi connectivity index (χ1n) is 9.35. The maximum atomic E-state index is 12.5. The Labute approximate surface area is 153 Å². The SMILES string of the molecule is O=C(N[C@@H](CO)C1=CN=C(OC2CCC2)CC1)C1=C[C@@H]1c1ccccc1. The van der Waals surface area contributed by atoms with E-state index in [0.29, 0.717) is 6.10 Å². The maximum Gasteiger partial charge on any atom is 0.248 e. The Morgan fingerprint density at radius 2 is 2.08 bits per heavy atom. The molecule has 0 spiro atoms. The van der Waals surface area contributed by atoms with Crippen molar-refractivity contribution in [3.8, 4) is 0 Å². The number of aliphatic hydroxyl groups is 1. The van der Waals surface area contributed by atoms with Crippen molar-refractivity contribution in [2.75, 3.05) is 6.61 Å². The normalized spacial score (nSPS) is 23.1. The highest BCUT2D eigenvalue weighted by Crippen LogP contribution is 2.39. The Bertz CT molecular complexity index is 763. The van der Waals surface area contributed by atoms with Gasteiger partial charge in [-0.2, -0.15) is 0 Å². The van der Waals surface area contributed by atoms with Crippen molar-refractivity contribution in [1.29, 1.82) is 0 Å². The topological polar surface area (TPSA) is 70.9 Å². The zero-order valence-corrected chi connectivity index (χ0v) is 14.7. The lowest BCUT2D eigenvalue weighted by atomic mass is 9.96. The Morgan fingerprint density at radius 1 is 1.27 bits per heavy atom. The number of amides is 1. The highest BCUT2D eigenvalue weighted by molar-refractivity contribution is 6.00. The smallest absolute Gasteiger partial charge is 0.248 e. The molecule has 0 unspecified atom stereocenters. The fraction of sp³-hybridized carbons (Fsp3) is 0.429. The van der Waals surface area contributed by atoms with Gasteiger partial charge in [0.1, 0.15) is 6.10 Å². The number of nitrogens with one attached hydrogen (secondary N) is 1. The monoisotopic (exact) mass is 352 g/mol. The molecule has 0 bridgehead atoms. The van der Waals surface area contributed by atoms with Crippen LogP contribution >= 0.6 is 0 Å². The van der Waals surface area contributed by atoms with E-state index in [9.17, 15) is 9.90 Å². The molecule has 0 radical (unpaired) electrons. The second kappa shape index (κ2) is 7.46. The summed E-state index contributed by atoms with van der Waals surface area (Å²) in [5.41, 5.74) is 2.83. The van der Waals surface area contributed by atoms with E-state index in [1.807, 2.05) is 36.4 Å². The molecule has 5 nitrogen and oxygen atoms in total. The number of hydrogen-bond donors (Lipinski definition) is 2. The van der Waals surface area contributed by atoms with Gasteiger partial charge in [0.2, 0.25) is 5.91 Å². The van der Waals surface area contributed by atoms with Crippen molar-refractivity contribution in [2.45, 2.75) is 50.2 Å². The number of carbonyl (C=O) groups excluding carboxylic acids is 1. The van der Waals surface area contributed by atoms with E-state index >= 15 is 0 Å². The maximum absolute atomic E-state index is 12.5. The van der Waals surface area contributed by atoms with Gasteiger partial charge in [-0.15, -0.1) is 0 Å². The molecule has 1 saturated carbocycles. The van der Waals surface area contributed by atoms with Crippen LogP contribution in [-0.4, -0.2) is 35.7 Å².